The van der Waals surface area contributed by atoms with E-state index in [4.69, 9.17) is 4.79 Å². The molecule has 5 heavy (non-hydrogen) atoms. The molecule has 0 unspecified atom stereocenters. The van der Waals surface area contributed by atoms with E-state index in [2.05, 4.69) is 15.9 Å². The van der Waals surface area contributed by atoms with E-state index < -0.39 is 0 Å². The molecule has 38 valence electrons. The van der Waals surface area contributed by atoms with Crippen LogP contribution in [0, 0.1) is 0 Å². The van der Waals surface area contributed by atoms with Gasteiger partial charge in [-0.15, -0.1) is 0 Å². The molecule has 0 aromatic rings. The molecular formula is CHBrOPd2. The molecule has 4 heteroatoms. The molecule has 0 spiro atoms. The number of carbonyl (C=O) groups excluding carboxylic acids is 1. The van der Waals surface area contributed by atoms with Crippen molar-refractivity contribution in [2.24, 2.45) is 0 Å². The van der Waals surface area contributed by atoms with E-state index in [-0.39, 0.29) is 40.8 Å². The molecule has 0 aromatic heterocycles. The van der Waals surface area contributed by atoms with Crippen molar-refractivity contribution in [2.45, 2.75) is 0 Å². The van der Waals surface area contributed by atoms with Crippen LogP contribution in [0.15, 0.2) is 0 Å². The zero-order valence-electron chi connectivity index (χ0n) is 2.00. The van der Waals surface area contributed by atoms with Crippen molar-refractivity contribution in [2.75, 3.05) is 0 Å². The molecule has 0 amide bonds. The zero-order valence-corrected chi connectivity index (χ0v) is 6.69. The summed E-state index contributed by atoms with van der Waals surface area (Å²) in [5.74, 6) is 0. The summed E-state index contributed by atoms with van der Waals surface area (Å²) in [6.07, 6.45) is 0. The minimum absolute atomic E-state index is 0. The summed E-state index contributed by atoms with van der Waals surface area (Å²) in [4.78, 5) is 8.72. The molecule has 0 saturated carbocycles. The average Bonchev–Trinajstić information content (AvgIpc) is 0.918. The van der Waals surface area contributed by atoms with Crippen molar-refractivity contribution >= 4 is 21.1 Å². The summed E-state index contributed by atoms with van der Waals surface area (Å²) in [6, 6.07) is 0. The van der Waals surface area contributed by atoms with Gasteiger partial charge in [-0.05, 0) is 15.9 Å². The second-order valence-electron chi connectivity index (χ2n) is 0.0891. The van der Waals surface area contributed by atoms with Crippen LogP contribution in [0.1, 0.15) is 0 Å². The fourth-order valence-corrected chi connectivity index (χ4v) is 0. The molecule has 0 heterocycles. The van der Waals surface area contributed by atoms with Crippen LogP contribution in [0.4, 0.5) is 0 Å². The first kappa shape index (κ1) is 16.1. The van der Waals surface area contributed by atoms with Crippen molar-refractivity contribution in [3.8, 4) is 0 Å². The molecule has 0 radical (unpaired) electrons. The Morgan fingerprint density at radius 1 is 1.40 bits per heavy atom. The van der Waals surface area contributed by atoms with Gasteiger partial charge in [-0.3, -0.25) is 4.79 Å². The predicted octanol–water partition coefficient (Wildman–Crippen LogP) is 0.567. The summed E-state index contributed by atoms with van der Waals surface area (Å²) >= 11 is 2.47. The quantitative estimate of drug-likeness (QED) is 0.362. The van der Waals surface area contributed by atoms with E-state index in [1.807, 2.05) is 0 Å². The van der Waals surface area contributed by atoms with Gasteiger partial charge in [-0.1, -0.05) is 0 Å². The van der Waals surface area contributed by atoms with Crippen LogP contribution >= 0.6 is 15.9 Å². The maximum atomic E-state index is 8.72. The number of hydrogen-bond donors (Lipinski definition) is 0. The van der Waals surface area contributed by atoms with Crippen molar-refractivity contribution in [1.82, 2.24) is 0 Å². The van der Waals surface area contributed by atoms with E-state index in [9.17, 15) is 0 Å². The van der Waals surface area contributed by atoms with Crippen LogP contribution in [0.2, 0.25) is 0 Å². The zero-order chi connectivity index (χ0) is 2.71. The van der Waals surface area contributed by atoms with E-state index in [1.165, 1.54) is 0 Å². The minimum atomic E-state index is 0. The SMILES string of the molecule is O=CBr.[Pd].[Pd]. The summed E-state index contributed by atoms with van der Waals surface area (Å²) in [7, 11) is 0. The molecule has 0 rings (SSSR count). The van der Waals surface area contributed by atoms with Crippen LogP contribution in [-0.4, -0.2) is 5.20 Å². The Balaban J connectivity index is -0.0000000200. The Morgan fingerprint density at radius 2 is 1.40 bits per heavy atom. The Hall–Kier alpha value is 1.47. The van der Waals surface area contributed by atoms with Gasteiger partial charge < -0.3 is 0 Å². The normalized spacial score (nSPS) is 2.60. The van der Waals surface area contributed by atoms with Gasteiger partial charge in [0.15, 0.2) is 5.20 Å². The Bertz CT molecular complexity index is 17.1. The summed E-state index contributed by atoms with van der Waals surface area (Å²) in [5.41, 5.74) is 0. The van der Waals surface area contributed by atoms with Crippen molar-refractivity contribution in [3.05, 3.63) is 0 Å². The maximum Gasteiger partial charge on any atom is 0.185 e. The standard InChI is InChI=1S/CHBrO.2Pd/c2-1-3;;/h1H;;. The van der Waals surface area contributed by atoms with Gasteiger partial charge in [0, 0.05) is 40.8 Å². The number of rotatable bonds is 0. The number of halogens is 1. The molecular weight excluding hydrogens is 321 g/mol. The molecule has 0 N–H and O–H groups in total. The molecule has 0 fully saturated rings. The van der Waals surface area contributed by atoms with Gasteiger partial charge in [0.1, 0.15) is 0 Å². The second-order valence-corrected chi connectivity index (χ2v) is 0.463. The smallest absolute Gasteiger partial charge is 0.185 e. The summed E-state index contributed by atoms with van der Waals surface area (Å²) < 4.78 is 0. The minimum Gasteiger partial charge on any atom is -0.290 e. The average molecular weight is 322 g/mol. The Labute approximate surface area is 66.3 Å². The van der Waals surface area contributed by atoms with Gasteiger partial charge in [0.25, 0.3) is 0 Å². The fourth-order valence-electron chi connectivity index (χ4n) is 0. The first-order chi connectivity index (χ1) is 1.41. The van der Waals surface area contributed by atoms with Crippen molar-refractivity contribution in [1.29, 1.82) is 0 Å². The van der Waals surface area contributed by atoms with E-state index >= 15 is 0 Å². The molecule has 0 aromatic carbocycles. The Morgan fingerprint density at radius 3 is 1.40 bits per heavy atom. The third-order valence-electron chi connectivity index (χ3n) is 0. The topological polar surface area (TPSA) is 17.1 Å². The van der Waals surface area contributed by atoms with Gasteiger partial charge >= 0.3 is 0 Å². The number of carbonyl (C=O) groups is 1. The molecule has 0 saturated heterocycles. The van der Waals surface area contributed by atoms with Gasteiger partial charge in [-0.25, -0.2) is 0 Å². The van der Waals surface area contributed by atoms with Crippen molar-refractivity contribution < 1.29 is 45.6 Å². The first-order valence-corrected chi connectivity index (χ1v) is 1.37. The predicted molar refractivity (Wildman–Crippen MR) is 15.7 cm³/mol. The van der Waals surface area contributed by atoms with Gasteiger partial charge in [0.05, 0.1) is 0 Å². The molecule has 0 aliphatic rings. The van der Waals surface area contributed by atoms with Crippen LogP contribution in [0.5, 0.6) is 0 Å². The Kier molecular flexibility index (Phi) is 57.5. The van der Waals surface area contributed by atoms with Gasteiger partial charge in [-0.2, -0.15) is 0 Å². The van der Waals surface area contributed by atoms with Crippen LogP contribution in [0.3, 0.4) is 0 Å². The molecule has 0 bridgehead atoms. The first-order valence-electron chi connectivity index (χ1n) is 0.454. The largest absolute Gasteiger partial charge is 0.290 e. The number of hydrogen-bond acceptors (Lipinski definition) is 1. The second kappa shape index (κ2) is 17.9. The molecule has 0 aliphatic heterocycles. The van der Waals surface area contributed by atoms with E-state index in [0.29, 0.717) is 5.20 Å². The monoisotopic (exact) mass is 320 g/mol. The molecule has 1 nitrogen and oxygen atoms in total. The molecule has 0 aliphatic carbocycles. The third kappa shape index (κ3) is 30.4. The van der Waals surface area contributed by atoms with Crippen LogP contribution in [0.25, 0.3) is 0 Å². The summed E-state index contributed by atoms with van der Waals surface area (Å²) in [6.45, 7) is 0. The van der Waals surface area contributed by atoms with E-state index in [0.717, 1.165) is 0 Å². The van der Waals surface area contributed by atoms with Gasteiger partial charge in [0.2, 0.25) is 0 Å². The third-order valence-corrected chi connectivity index (χ3v) is 0. The van der Waals surface area contributed by atoms with Crippen molar-refractivity contribution in [3.63, 3.8) is 0 Å². The van der Waals surface area contributed by atoms with Crippen LogP contribution in [-0.2, 0) is 45.6 Å². The van der Waals surface area contributed by atoms with E-state index in [1.54, 1.807) is 0 Å². The fraction of sp³-hybridized carbons (Fsp3) is 0. The molecule has 0 atom stereocenters. The maximum absolute atomic E-state index is 8.72. The summed E-state index contributed by atoms with van der Waals surface area (Å²) in [5, 5.41) is 0.562. The van der Waals surface area contributed by atoms with Crippen LogP contribution < -0.4 is 0 Å².